The van der Waals surface area contributed by atoms with Gasteiger partial charge in [-0.15, -0.1) is 24.8 Å². The number of carbonyl (C=O) groups excluding carboxylic acids is 1. The van der Waals surface area contributed by atoms with Crippen molar-refractivity contribution in [1.29, 1.82) is 0 Å². The standard InChI is InChI=1S/C22H25N3O4.2ClH/c1-27-19-11-14(12-20(28-2)21(19)29-3)18-13-16(22(26)24-10-6-9-23)15-7-4-5-8-17(15)25-18;;/h4-5,7-8,11-13H,6,9-10,23H2,1-3H3,(H,24,26);2*1H. The van der Waals surface area contributed by atoms with Crippen LogP contribution in [0.2, 0.25) is 0 Å². The molecule has 0 atom stereocenters. The molecule has 9 heteroatoms. The predicted molar refractivity (Wildman–Crippen MR) is 127 cm³/mol. The number of nitrogens with zero attached hydrogens (tertiary/aromatic N) is 1. The Morgan fingerprint density at radius 3 is 2.23 bits per heavy atom. The smallest absolute Gasteiger partial charge is 0.252 e. The molecule has 7 nitrogen and oxygen atoms in total. The summed E-state index contributed by atoms with van der Waals surface area (Å²) in [5.74, 6) is 1.38. The van der Waals surface area contributed by atoms with Gasteiger partial charge in [0.15, 0.2) is 11.5 Å². The first-order valence-electron chi connectivity index (χ1n) is 9.31. The van der Waals surface area contributed by atoms with Crippen LogP contribution in [0.25, 0.3) is 22.2 Å². The van der Waals surface area contributed by atoms with E-state index in [1.54, 1.807) is 27.4 Å². The molecule has 168 valence electrons. The van der Waals surface area contributed by atoms with Crippen LogP contribution in [0.3, 0.4) is 0 Å². The number of rotatable bonds is 8. The largest absolute Gasteiger partial charge is 0.493 e. The van der Waals surface area contributed by atoms with Crippen molar-refractivity contribution < 1.29 is 19.0 Å². The predicted octanol–water partition coefficient (Wildman–Crippen LogP) is 3.85. The summed E-state index contributed by atoms with van der Waals surface area (Å²) in [4.78, 5) is 17.6. The molecule has 0 fully saturated rings. The average Bonchev–Trinajstić information content (AvgIpc) is 2.77. The minimum Gasteiger partial charge on any atom is -0.493 e. The molecule has 1 heterocycles. The van der Waals surface area contributed by atoms with Gasteiger partial charge in [-0.25, -0.2) is 4.98 Å². The van der Waals surface area contributed by atoms with E-state index in [2.05, 4.69) is 5.32 Å². The topological polar surface area (TPSA) is 95.7 Å². The second-order valence-corrected chi connectivity index (χ2v) is 6.38. The average molecular weight is 468 g/mol. The molecule has 3 N–H and O–H groups in total. The third-order valence-electron chi connectivity index (χ3n) is 4.59. The van der Waals surface area contributed by atoms with Crippen LogP contribution in [0.15, 0.2) is 42.5 Å². The molecule has 0 bridgehead atoms. The van der Waals surface area contributed by atoms with Crippen LogP contribution >= 0.6 is 24.8 Å². The summed E-state index contributed by atoms with van der Waals surface area (Å²) in [6, 6.07) is 13.0. The molecule has 0 saturated heterocycles. The molecule has 0 spiro atoms. The first-order valence-corrected chi connectivity index (χ1v) is 9.31. The van der Waals surface area contributed by atoms with Gasteiger partial charge < -0.3 is 25.3 Å². The summed E-state index contributed by atoms with van der Waals surface area (Å²) in [6.07, 6.45) is 0.717. The lowest BCUT2D eigenvalue weighted by molar-refractivity contribution is 0.0955. The lowest BCUT2D eigenvalue weighted by atomic mass is 10.0. The maximum Gasteiger partial charge on any atom is 0.252 e. The number of nitrogens with one attached hydrogen (secondary N) is 1. The molecular weight excluding hydrogens is 441 g/mol. The first kappa shape index (κ1) is 26.3. The zero-order valence-corrected chi connectivity index (χ0v) is 19.3. The van der Waals surface area contributed by atoms with Gasteiger partial charge in [-0.3, -0.25) is 4.79 Å². The molecule has 0 aliphatic rings. The van der Waals surface area contributed by atoms with E-state index in [9.17, 15) is 4.79 Å². The number of benzene rings is 2. The summed E-state index contributed by atoms with van der Waals surface area (Å²) < 4.78 is 16.3. The second kappa shape index (κ2) is 12.2. The van der Waals surface area contributed by atoms with Gasteiger partial charge in [0.1, 0.15) is 0 Å². The molecule has 1 amide bonds. The maximum absolute atomic E-state index is 12.8. The van der Waals surface area contributed by atoms with Crippen LogP contribution in [-0.4, -0.2) is 45.3 Å². The quantitative estimate of drug-likeness (QED) is 0.488. The monoisotopic (exact) mass is 467 g/mol. The van der Waals surface area contributed by atoms with Crippen molar-refractivity contribution >= 4 is 41.6 Å². The zero-order valence-electron chi connectivity index (χ0n) is 17.6. The highest BCUT2D eigenvalue weighted by atomic mass is 35.5. The Balaban J connectivity index is 0.00000240. The number of amides is 1. The van der Waals surface area contributed by atoms with Crippen molar-refractivity contribution in [1.82, 2.24) is 10.3 Å². The number of para-hydroxylation sites is 1. The van der Waals surface area contributed by atoms with Gasteiger partial charge >= 0.3 is 0 Å². The number of methoxy groups -OCH3 is 3. The number of nitrogens with two attached hydrogens (primary N) is 1. The van der Waals surface area contributed by atoms with Crippen molar-refractivity contribution in [2.45, 2.75) is 6.42 Å². The van der Waals surface area contributed by atoms with E-state index in [0.717, 1.165) is 16.5 Å². The van der Waals surface area contributed by atoms with E-state index in [0.29, 0.717) is 48.0 Å². The summed E-state index contributed by atoms with van der Waals surface area (Å²) in [6.45, 7) is 1.04. The lowest BCUT2D eigenvalue weighted by Crippen LogP contribution is -2.26. The van der Waals surface area contributed by atoms with E-state index < -0.39 is 0 Å². The van der Waals surface area contributed by atoms with Crippen molar-refractivity contribution in [3.63, 3.8) is 0 Å². The fraction of sp³-hybridized carbons (Fsp3) is 0.273. The maximum atomic E-state index is 12.8. The van der Waals surface area contributed by atoms with E-state index in [-0.39, 0.29) is 30.7 Å². The van der Waals surface area contributed by atoms with Crippen LogP contribution in [0.4, 0.5) is 0 Å². The van der Waals surface area contributed by atoms with Crippen LogP contribution < -0.4 is 25.3 Å². The molecule has 0 radical (unpaired) electrons. The van der Waals surface area contributed by atoms with Crippen LogP contribution in [0, 0.1) is 0 Å². The number of fused-ring (bicyclic) bond motifs is 1. The van der Waals surface area contributed by atoms with E-state index >= 15 is 0 Å². The molecule has 0 aliphatic carbocycles. The molecule has 31 heavy (non-hydrogen) atoms. The Bertz CT molecular complexity index is 1010. The highest BCUT2D eigenvalue weighted by Gasteiger charge is 2.18. The molecule has 0 aliphatic heterocycles. The molecule has 0 unspecified atom stereocenters. The van der Waals surface area contributed by atoms with Gasteiger partial charge in [0, 0.05) is 17.5 Å². The Morgan fingerprint density at radius 1 is 1.00 bits per heavy atom. The Labute approximate surface area is 194 Å². The van der Waals surface area contributed by atoms with E-state index in [1.807, 2.05) is 36.4 Å². The van der Waals surface area contributed by atoms with Crippen LogP contribution in [0.1, 0.15) is 16.8 Å². The first-order chi connectivity index (χ1) is 14.1. The van der Waals surface area contributed by atoms with Crippen LogP contribution in [0.5, 0.6) is 17.2 Å². The lowest BCUT2D eigenvalue weighted by Gasteiger charge is -2.15. The summed E-state index contributed by atoms with van der Waals surface area (Å²) in [5, 5.41) is 3.70. The SMILES string of the molecule is COc1cc(-c2cc(C(=O)NCCCN)c3ccccc3n2)cc(OC)c1OC.Cl.Cl. The third-order valence-corrected chi connectivity index (χ3v) is 4.59. The molecule has 2 aromatic carbocycles. The molecule has 1 aromatic heterocycles. The van der Waals surface area contributed by atoms with Crippen molar-refractivity contribution in [2.75, 3.05) is 34.4 Å². The minimum atomic E-state index is -0.161. The number of ether oxygens (including phenoxy) is 3. The minimum absolute atomic E-state index is 0. The van der Waals surface area contributed by atoms with Gasteiger partial charge in [-0.1, -0.05) is 18.2 Å². The second-order valence-electron chi connectivity index (χ2n) is 6.38. The van der Waals surface area contributed by atoms with Crippen LogP contribution in [-0.2, 0) is 0 Å². The van der Waals surface area contributed by atoms with E-state index in [4.69, 9.17) is 24.9 Å². The highest BCUT2D eigenvalue weighted by Crippen LogP contribution is 2.41. The van der Waals surface area contributed by atoms with Gasteiger partial charge in [0.2, 0.25) is 5.75 Å². The van der Waals surface area contributed by atoms with Gasteiger partial charge in [-0.05, 0) is 37.2 Å². The van der Waals surface area contributed by atoms with Crippen molar-refractivity contribution in [2.24, 2.45) is 5.73 Å². The summed E-state index contributed by atoms with van der Waals surface area (Å²) >= 11 is 0. The molecule has 3 aromatic rings. The van der Waals surface area contributed by atoms with Gasteiger partial charge in [0.25, 0.3) is 5.91 Å². The Hall–Kier alpha value is -2.74. The third kappa shape index (κ3) is 5.70. The zero-order chi connectivity index (χ0) is 20.8. The van der Waals surface area contributed by atoms with E-state index in [1.165, 1.54) is 0 Å². The summed E-state index contributed by atoms with van der Waals surface area (Å²) in [7, 11) is 4.68. The number of aromatic nitrogens is 1. The molecule has 0 saturated carbocycles. The number of hydrogen-bond acceptors (Lipinski definition) is 6. The van der Waals surface area contributed by atoms with Gasteiger partial charge in [0.05, 0.1) is 38.1 Å². The summed E-state index contributed by atoms with van der Waals surface area (Å²) in [5.41, 5.74) is 8.19. The number of carbonyl (C=O) groups is 1. The normalized spacial score (nSPS) is 9.94. The van der Waals surface area contributed by atoms with Crippen molar-refractivity contribution in [3.8, 4) is 28.5 Å². The highest BCUT2D eigenvalue weighted by molar-refractivity contribution is 6.07. The fourth-order valence-electron chi connectivity index (χ4n) is 3.14. The number of pyridine rings is 1. The molecule has 3 rings (SSSR count). The Morgan fingerprint density at radius 2 is 1.65 bits per heavy atom. The Kier molecular flexibility index (Phi) is 10.3. The number of halogens is 2. The molecular formula is C22H27Cl2N3O4. The van der Waals surface area contributed by atoms with Gasteiger partial charge in [-0.2, -0.15) is 0 Å². The number of hydrogen-bond donors (Lipinski definition) is 2. The van der Waals surface area contributed by atoms with Crippen molar-refractivity contribution in [3.05, 3.63) is 48.0 Å². The fourth-order valence-corrected chi connectivity index (χ4v) is 3.14.